The second-order valence-corrected chi connectivity index (χ2v) is 4.18. The average molecular weight is 156 g/mol. The summed E-state index contributed by atoms with van der Waals surface area (Å²) < 4.78 is 0. The summed E-state index contributed by atoms with van der Waals surface area (Å²) in [5.74, 6) is 6.05. The average Bonchev–Trinajstić information content (AvgIpc) is 1.88. The van der Waals surface area contributed by atoms with E-state index in [9.17, 15) is 0 Å². The zero-order valence-corrected chi connectivity index (χ0v) is 8.09. The second-order valence-electron chi connectivity index (χ2n) is 2.39. The molecule has 0 aliphatic carbocycles. The monoisotopic (exact) mass is 156 g/mol. The molecule has 2 unspecified atom stereocenters. The predicted molar refractivity (Wildman–Crippen MR) is 50.3 cm³/mol. The molecule has 0 saturated carbocycles. The summed E-state index contributed by atoms with van der Waals surface area (Å²) in [5.41, 5.74) is 0. The van der Waals surface area contributed by atoms with Gasteiger partial charge in [-0.2, -0.15) is 0 Å². The van der Waals surface area contributed by atoms with Crippen molar-refractivity contribution in [3.05, 3.63) is 0 Å². The first-order valence-electron chi connectivity index (χ1n) is 3.78. The molecule has 0 rings (SSSR count). The zero-order valence-electron chi connectivity index (χ0n) is 7.27. The van der Waals surface area contributed by atoms with Gasteiger partial charge in [-0.25, -0.2) is 0 Å². The van der Waals surface area contributed by atoms with Crippen LogP contribution in [0.5, 0.6) is 0 Å². The first-order valence-corrected chi connectivity index (χ1v) is 4.72. The van der Waals surface area contributed by atoms with Gasteiger partial charge in [-0.3, -0.25) is 0 Å². The van der Waals surface area contributed by atoms with E-state index in [4.69, 9.17) is 0 Å². The van der Waals surface area contributed by atoms with E-state index in [1.165, 1.54) is 6.42 Å². The van der Waals surface area contributed by atoms with Crippen LogP contribution < -0.4 is 0 Å². The number of hydrogen-bond acceptors (Lipinski definition) is 1. The van der Waals surface area contributed by atoms with Crippen LogP contribution >= 0.6 is 11.8 Å². The molecule has 0 saturated heterocycles. The minimum absolute atomic E-state index is 0.500. The highest BCUT2D eigenvalue weighted by molar-refractivity contribution is 8.00. The third kappa shape index (κ3) is 4.76. The molecular formula is C9H16S. The standard InChI is InChI=1S/C9H16S/c1-5-7-9(4)10-8(3)6-2/h8-9H,6H2,1-4H3. The lowest BCUT2D eigenvalue weighted by Gasteiger charge is -2.09. The molecule has 0 aromatic rings. The van der Waals surface area contributed by atoms with Crippen LogP contribution in [-0.2, 0) is 0 Å². The van der Waals surface area contributed by atoms with Gasteiger partial charge < -0.3 is 0 Å². The van der Waals surface area contributed by atoms with Crippen LogP contribution in [0.25, 0.3) is 0 Å². The van der Waals surface area contributed by atoms with Gasteiger partial charge >= 0.3 is 0 Å². The van der Waals surface area contributed by atoms with Crippen molar-refractivity contribution in [3.8, 4) is 11.8 Å². The van der Waals surface area contributed by atoms with Gasteiger partial charge in [0.25, 0.3) is 0 Å². The van der Waals surface area contributed by atoms with Crippen LogP contribution in [0.3, 0.4) is 0 Å². The Morgan fingerprint density at radius 2 is 2.00 bits per heavy atom. The maximum Gasteiger partial charge on any atom is 0.0631 e. The Balaban J connectivity index is 3.53. The summed E-state index contributed by atoms with van der Waals surface area (Å²) in [6.07, 6.45) is 1.24. The molecule has 0 N–H and O–H groups in total. The van der Waals surface area contributed by atoms with Gasteiger partial charge in [0, 0.05) is 5.25 Å². The van der Waals surface area contributed by atoms with E-state index >= 15 is 0 Å². The summed E-state index contributed by atoms with van der Waals surface area (Å²) in [5, 5.41) is 1.25. The maximum atomic E-state index is 3.12. The van der Waals surface area contributed by atoms with Crippen LogP contribution in [0.15, 0.2) is 0 Å². The van der Waals surface area contributed by atoms with Crippen molar-refractivity contribution in [1.82, 2.24) is 0 Å². The second kappa shape index (κ2) is 5.68. The molecule has 0 radical (unpaired) electrons. The van der Waals surface area contributed by atoms with Crippen LogP contribution in [0.4, 0.5) is 0 Å². The van der Waals surface area contributed by atoms with Gasteiger partial charge in [0.15, 0.2) is 0 Å². The smallest absolute Gasteiger partial charge is 0.0631 e. The van der Waals surface area contributed by atoms with Crippen molar-refractivity contribution in [3.63, 3.8) is 0 Å². The highest BCUT2D eigenvalue weighted by atomic mass is 32.2. The Bertz CT molecular complexity index is 129. The molecule has 58 valence electrons. The van der Waals surface area contributed by atoms with Crippen molar-refractivity contribution >= 4 is 11.8 Å². The Hall–Kier alpha value is -0.0900. The molecule has 0 aliphatic heterocycles. The lowest BCUT2D eigenvalue weighted by molar-refractivity contribution is 0.902. The summed E-state index contributed by atoms with van der Waals surface area (Å²) in [6, 6.07) is 0. The molecule has 0 aromatic heterocycles. The quantitative estimate of drug-likeness (QED) is 0.566. The Morgan fingerprint density at radius 1 is 1.40 bits per heavy atom. The van der Waals surface area contributed by atoms with E-state index < -0.39 is 0 Å². The molecule has 0 nitrogen and oxygen atoms in total. The van der Waals surface area contributed by atoms with Crippen molar-refractivity contribution in [2.24, 2.45) is 0 Å². The van der Waals surface area contributed by atoms with Gasteiger partial charge in [-0.15, -0.1) is 17.7 Å². The van der Waals surface area contributed by atoms with Crippen LogP contribution in [0, 0.1) is 11.8 Å². The predicted octanol–water partition coefficient (Wildman–Crippen LogP) is 2.93. The molecular weight excluding hydrogens is 140 g/mol. The van der Waals surface area contributed by atoms with Gasteiger partial charge in [-0.1, -0.05) is 19.8 Å². The molecule has 2 atom stereocenters. The fraction of sp³-hybridized carbons (Fsp3) is 0.778. The van der Waals surface area contributed by atoms with E-state index in [2.05, 4.69) is 32.6 Å². The highest BCUT2D eigenvalue weighted by Crippen LogP contribution is 2.18. The molecule has 0 spiro atoms. The Labute approximate surface area is 68.8 Å². The Morgan fingerprint density at radius 3 is 2.40 bits per heavy atom. The largest absolute Gasteiger partial charge is 0.143 e. The molecule has 0 amide bonds. The van der Waals surface area contributed by atoms with Crippen LogP contribution in [-0.4, -0.2) is 10.5 Å². The Kier molecular flexibility index (Phi) is 5.63. The van der Waals surface area contributed by atoms with E-state index in [0.717, 1.165) is 5.25 Å². The minimum Gasteiger partial charge on any atom is -0.143 e. The normalized spacial score (nSPS) is 15.2. The lowest BCUT2D eigenvalue weighted by atomic mass is 10.4. The van der Waals surface area contributed by atoms with Gasteiger partial charge in [-0.05, 0) is 20.3 Å². The van der Waals surface area contributed by atoms with Crippen molar-refractivity contribution < 1.29 is 0 Å². The number of hydrogen-bond donors (Lipinski definition) is 0. The maximum absolute atomic E-state index is 3.12. The number of rotatable bonds is 3. The zero-order chi connectivity index (χ0) is 7.98. The van der Waals surface area contributed by atoms with Crippen molar-refractivity contribution in [2.45, 2.75) is 44.6 Å². The van der Waals surface area contributed by atoms with E-state index in [-0.39, 0.29) is 0 Å². The van der Waals surface area contributed by atoms with E-state index in [0.29, 0.717) is 5.25 Å². The molecule has 10 heavy (non-hydrogen) atoms. The van der Waals surface area contributed by atoms with Crippen LogP contribution in [0.1, 0.15) is 34.1 Å². The SMILES string of the molecule is CC#CC(C)SC(C)CC. The first-order chi connectivity index (χ1) is 4.70. The third-order valence-electron chi connectivity index (χ3n) is 1.36. The van der Waals surface area contributed by atoms with Gasteiger partial charge in [0.2, 0.25) is 0 Å². The molecule has 1 heteroatoms. The molecule has 0 aliphatic rings. The van der Waals surface area contributed by atoms with Crippen LogP contribution in [0.2, 0.25) is 0 Å². The molecule has 0 heterocycles. The highest BCUT2D eigenvalue weighted by Gasteiger charge is 2.02. The van der Waals surface area contributed by atoms with Crippen molar-refractivity contribution in [2.75, 3.05) is 0 Å². The number of thioether (sulfide) groups is 1. The molecule has 0 fully saturated rings. The fourth-order valence-electron chi connectivity index (χ4n) is 0.682. The minimum atomic E-state index is 0.500. The summed E-state index contributed by atoms with van der Waals surface area (Å²) in [6.45, 7) is 8.52. The summed E-state index contributed by atoms with van der Waals surface area (Å²) in [4.78, 5) is 0. The first kappa shape index (κ1) is 9.91. The lowest BCUT2D eigenvalue weighted by Crippen LogP contribution is -2.00. The third-order valence-corrected chi connectivity index (χ3v) is 2.68. The van der Waals surface area contributed by atoms with E-state index in [1.807, 2.05) is 18.7 Å². The van der Waals surface area contributed by atoms with E-state index in [1.54, 1.807) is 0 Å². The van der Waals surface area contributed by atoms with Gasteiger partial charge in [0.05, 0.1) is 5.25 Å². The fourth-order valence-corrected chi connectivity index (χ4v) is 1.76. The van der Waals surface area contributed by atoms with Crippen molar-refractivity contribution in [1.29, 1.82) is 0 Å². The molecule has 0 aromatic carbocycles. The van der Waals surface area contributed by atoms with Gasteiger partial charge in [0.1, 0.15) is 0 Å². The topological polar surface area (TPSA) is 0 Å². The molecule has 0 bridgehead atoms. The summed E-state index contributed by atoms with van der Waals surface area (Å²) in [7, 11) is 0. The summed E-state index contributed by atoms with van der Waals surface area (Å²) >= 11 is 1.95.